The van der Waals surface area contributed by atoms with Crippen LogP contribution in [0.1, 0.15) is 38.5 Å². The van der Waals surface area contributed by atoms with Crippen LogP contribution in [0.2, 0.25) is 0 Å². The molecule has 1 aliphatic carbocycles. The van der Waals surface area contributed by atoms with E-state index in [-0.39, 0.29) is 10.5 Å². The number of nitrogens with one attached hydrogen (secondary N) is 1. The minimum absolute atomic E-state index is 0.180. The van der Waals surface area contributed by atoms with Crippen molar-refractivity contribution >= 4 is 10.0 Å². The zero-order chi connectivity index (χ0) is 14.2. The summed E-state index contributed by atoms with van der Waals surface area (Å²) in [5.74, 6) is 0. The molecule has 0 bridgehead atoms. The first-order valence-corrected chi connectivity index (χ1v) is 8.65. The van der Waals surface area contributed by atoms with Crippen molar-refractivity contribution < 1.29 is 8.42 Å². The highest BCUT2D eigenvalue weighted by molar-refractivity contribution is 7.89. The van der Waals surface area contributed by atoms with Gasteiger partial charge in [-0.15, -0.1) is 0 Å². The molecule has 0 aromatic carbocycles. The van der Waals surface area contributed by atoms with Gasteiger partial charge in [0.1, 0.15) is 0 Å². The Morgan fingerprint density at radius 3 is 2.25 bits per heavy atom. The second-order valence-electron chi connectivity index (χ2n) is 6.00. The first kappa shape index (κ1) is 13.8. The lowest BCUT2D eigenvalue weighted by Crippen LogP contribution is -2.42. The third kappa shape index (κ3) is 2.42. The fraction of sp³-hybridized carbons (Fsp3) is 0.643. The zero-order valence-electron chi connectivity index (χ0n) is 11.5. The molecule has 20 heavy (non-hydrogen) atoms. The molecule has 1 aromatic rings. The van der Waals surface area contributed by atoms with Crippen molar-refractivity contribution in [2.24, 2.45) is 5.41 Å². The van der Waals surface area contributed by atoms with Crippen molar-refractivity contribution in [2.45, 2.75) is 43.4 Å². The fourth-order valence-electron chi connectivity index (χ4n) is 3.53. The first-order valence-electron chi connectivity index (χ1n) is 7.21. The monoisotopic (exact) mass is 296 g/mol. The Labute approximate surface area is 119 Å². The summed E-state index contributed by atoms with van der Waals surface area (Å²) in [4.78, 5) is 13.6. The highest BCUT2D eigenvalue weighted by atomic mass is 32.2. The van der Waals surface area contributed by atoms with E-state index in [2.05, 4.69) is 4.98 Å². The molecule has 6 heteroatoms. The van der Waals surface area contributed by atoms with Crippen molar-refractivity contribution in [3.8, 4) is 0 Å². The smallest absolute Gasteiger partial charge is 0.247 e. The van der Waals surface area contributed by atoms with Gasteiger partial charge in [0, 0.05) is 25.4 Å². The second kappa shape index (κ2) is 5.00. The molecule has 5 nitrogen and oxygen atoms in total. The number of sulfonamides is 1. The van der Waals surface area contributed by atoms with Crippen LogP contribution in [0.25, 0.3) is 0 Å². The lowest BCUT2D eigenvalue weighted by atomic mass is 9.78. The maximum atomic E-state index is 12.5. The molecule has 1 spiro atoms. The highest BCUT2D eigenvalue weighted by Gasteiger charge is 2.40. The normalized spacial score (nSPS) is 23.2. The van der Waals surface area contributed by atoms with E-state index in [1.165, 1.54) is 44.0 Å². The number of rotatable bonds is 2. The van der Waals surface area contributed by atoms with Crippen LogP contribution in [0, 0.1) is 5.41 Å². The van der Waals surface area contributed by atoms with Gasteiger partial charge in [-0.05, 0) is 37.2 Å². The Bertz CT molecular complexity index is 614. The average Bonchev–Trinajstić information content (AvgIpc) is 2.88. The summed E-state index contributed by atoms with van der Waals surface area (Å²) in [7, 11) is -3.46. The lowest BCUT2D eigenvalue weighted by molar-refractivity contribution is 0.160. The lowest BCUT2D eigenvalue weighted by Gasteiger charge is -2.38. The number of nitrogens with zero attached hydrogens (tertiary/aromatic N) is 1. The number of aromatic nitrogens is 1. The molecule has 0 amide bonds. The molecule has 3 rings (SSSR count). The summed E-state index contributed by atoms with van der Waals surface area (Å²) < 4.78 is 26.6. The number of H-pyrrole nitrogens is 1. The van der Waals surface area contributed by atoms with Gasteiger partial charge in [0.25, 0.3) is 0 Å². The molecule has 1 saturated heterocycles. The molecule has 110 valence electrons. The molecular weight excluding hydrogens is 276 g/mol. The SMILES string of the molecule is O=c1ccc(S(=O)(=O)N2CCC3(CCCC3)CC2)c[nH]1. The Balaban J connectivity index is 1.76. The van der Waals surface area contributed by atoms with Crippen LogP contribution in [-0.4, -0.2) is 30.8 Å². The minimum Gasteiger partial charge on any atom is -0.328 e. The summed E-state index contributed by atoms with van der Waals surface area (Å²) in [6.45, 7) is 1.20. The second-order valence-corrected chi connectivity index (χ2v) is 7.94. The van der Waals surface area contributed by atoms with Crippen LogP contribution in [0.4, 0.5) is 0 Å². The molecule has 1 N–H and O–H groups in total. The molecule has 1 aromatic heterocycles. The summed E-state index contributed by atoms with van der Waals surface area (Å²) >= 11 is 0. The maximum absolute atomic E-state index is 12.5. The van der Waals surface area contributed by atoms with Crippen LogP contribution in [0.5, 0.6) is 0 Å². The predicted molar refractivity (Wildman–Crippen MR) is 76.0 cm³/mol. The van der Waals surface area contributed by atoms with Crippen molar-refractivity contribution in [2.75, 3.05) is 13.1 Å². The number of piperidine rings is 1. The summed E-state index contributed by atoms with van der Waals surface area (Å²) in [5, 5.41) is 0. The Kier molecular flexibility index (Phi) is 3.46. The Morgan fingerprint density at radius 2 is 1.70 bits per heavy atom. The molecule has 0 atom stereocenters. The van der Waals surface area contributed by atoms with Crippen LogP contribution >= 0.6 is 0 Å². The van der Waals surface area contributed by atoms with Gasteiger partial charge in [0.05, 0.1) is 4.90 Å². The van der Waals surface area contributed by atoms with Crippen LogP contribution < -0.4 is 5.56 Å². The molecule has 2 fully saturated rings. The van der Waals surface area contributed by atoms with Crippen LogP contribution in [0.15, 0.2) is 28.0 Å². The molecule has 2 aliphatic rings. The fourth-order valence-corrected chi connectivity index (χ4v) is 4.94. The molecule has 2 heterocycles. The average molecular weight is 296 g/mol. The third-order valence-electron chi connectivity index (χ3n) is 4.84. The quantitative estimate of drug-likeness (QED) is 0.903. The van der Waals surface area contributed by atoms with Gasteiger partial charge in [0.2, 0.25) is 15.6 Å². The number of pyridine rings is 1. The molecule has 1 saturated carbocycles. The highest BCUT2D eigenvalue weighted by Crippen LogP contribution is 2.46. The van der Waals surface area contributed by atoms with Crippen molar-refractivity contribution in [1.82, 2.24) is 9.29 Å². The molecular formula is C14H20N2O3S. The van der Waals surface area contributed by atoms with Gasteiger partial charge in [-0.2, -0.15) is 4.31 Å². The molecule has 0 radical (unpaired) electrons. The van der Waals surface area contributed by atoms with Crippen molar-refractivity contribution in [1.29, 1.82) is 0 Å². The van der Waals surface area contributed by atoms with Gasteiger partial charge in [0.15, 0.2) is 0 Å². The topological polar surface area (TPSA) is 70.2 Å². The van der Waals surface area contributed by atoms with E-state index in [4.69, 9.17) is 0 Å². The van der Waals surface area contributed by atoms with E-state index < -0.39 is 10.0 Å². The van der Waals surface area contributed by atoms with E-state index in [1.807, 2.05) is 0 Å². The molecule has 1 aliphatic heterocycles. The summed E-state index contributed by atoms with van der Waals surface area (Å²) in [6.07, 6.45) is 8.29. The third-order valence-corrected chi connectivity index (χ3v) is 6.74. The first-order chi connectivity index (χ1) is 9.52. The van der Waals surface area contributed by atoms with Crippen molar-refractivity contribution in [3.63, 3.8) is 0 Å². The minimum atomic E-state index is -3.46. The van der Waals surface area contributed by atoms with Crippen LogP contribution in [0.3, 0.4) is 0 Å². The predicted octanol–water partition coefficient (Wildman–Crippen LogP) is 1.72. The summed E-state index contributed by atoms with van der Waals surface area (Å²) in [5.41, 5.74) is 0.115. The number of hydrogen-bond donors (Lipinski definition) is 1. The number of hydrogen-bond acceptors (Lipinski definition) is 3. The van der Waals surface area contributed by atoms with Gasteiger partial charge in [-0.25, -0.2) is 8.42 Å². The van der Waals surface area contributed by atoms with E-state index >= 15 is 0 Å². The van der Waals surface area contributed by atoms with Gasteiger partial charge in [-0.1, -0.05) is 12.8 Å². The maximum Gasteiger partial charge on any atom is 0.247 e. The standard InChI is InChI=1S/C14H20N2O3S/c17-13-4-3-12(11-15-13)20(18,19)16-9-7-14(8-10-16)5-1-2-6-14/h3-4,11H,1-2,5-10H2,(H,15,17). The largest absolute Gasteiger partial charge is 0.328 e. The van der Waals surface area contributed by atoms with E-state index in [9.17, 15) is 13.2 Å². The zero-order valence-corrected chi connectivity index (χ0v) is 12.3. The van der Waals surface area contributed by atoms with E-state index in [1.54, 1.807) is 4.31 Å². The van der Waals surface area contributed by atoms with Crippen molar-refractivity contribution in [3.05, 3.63) is 28.7 Å². The Morgan fingerprint density at radius 1 is 1.05 bits per heavy atom. The van der Waals surface area contributed by atoms with Gasteiger partial charge >= 0.3 is 0 Å². The Hall–Kier alpha value is -1.14. The summed E-state index contributed by atoms with van der Waals surface area (Å²) in [6, 6.07) is 2.64. The van der Waals surface area contributed by atoms with Gasteiger partial charge in [-0.3, -0.25) is 4.79 Å². The van der Waals surface area contributed by atoms with E-state index in [0.29, 0.717) is 18.5 Å². The number of aromatic amines is 1. The van der Waals surface area contributed by atoms with Crippen LogP contribution in [-0.2, 0) is 10.0 Å². The molecule has 0 unspecified atom stereocenters. The van der Waals surface area contributed by atoms with Gasteiger partial charge < -0.3 is 4.98 Å². The van der Waals surface area contributed by atoms with E-state index in [0.717, 1.165) is 12.8 Å².